The van der Waals surface area contributed by atoms with Crippen molar-refractivity contribution in [2.45, 2.75) is 12.5 Å². The van der Waals surface area contributed by atoms with Gasteiger partial charge in [-0.3, -0.25) is 0 Å². The van der Waals surface area contributed by atoms with Crippen LogP contribution in [0.15, 0.2) is 42.5 Å². The van der Waals surface area contributed by atoms with Gasteiger partial charge < -0.3 is 14.9 Å². The van der Waals surface area contributed by atoms with E-state index in [0.29, 0.717) is 11.1 Å². The van der Waals surface area contributed by atoms with Gasteiger partial charge in [-0.15, -0.1) is 13.2 Å². The molecule has 0 spiro atoms. The summed E-state index contributed by atoms with van der Waals surface area (Å²) in [7, 11) is 0. The third-order valence-electron chi connectivity index (χ3n) is 2.96. The van der Waals surface area contributed by atoms with Gasteiger partial charge in [0.2, 0.25) is 0 Å². The monoisotopic (exact) mass is 346 g/mol. The zero-order chi connectivity index (χ0) is 17.2. The molecule has 0 aliphatic heterocycles. The minimum Gasteiger partial charge on any atom is -0.479 e. The molecule has 0 bridgehead atoms. The number of aliphatic hydroxyl groups is 1. The molecule has 4 nitrogen and oxygen atoms in total. The van der Waals surface area contributed by atoms with E-state index >= 15 is 0 Å². The fourth-order valence-corrected chi connectivity index (χ4v) is 2.30. The molecule has 122 valence electrons. The number of hydrogen-bond donors (Lipinski definition) is 2. The van der Waals surface area contributed by atoms with E-state index in [2.05, 4.69) is 4.74 Å². The SMILES string of the molecule is O=C(O)C(O)c1c(Cl)cccc1-c1ccc(OC(F)(F)F)cc1. The highest BCUT2D eigenvalue weighted by Gasteiger charge is 2.31. The average Bonchev–Trinajstić information content (AvgIpc) is 2.45. The Bertz CT molecular complexity index is 714. The number of hydrogen-bond acceptors (Lipinski definition) is 3. The van der Waals surface area contributed by atoms with E-state index < -0.39 is 24.2 Å². The quantitative estimate of drug-likeness (QED) is 0.877. The number of carboxylic acid groups (broad SMARTS) is 1. The average molecular weight is 347 g/mol. The van der Waals surface area contributed by atoms with Crippen molar-refractivity contribution in [3.63, 3.8) is 0 Å². The molecular weight excluding hydrogens is 337 g/mol. The van der Waals surface area contributed by atoms with Crippen molar-refractivity contribution in [2.24, 2.45) is 0 Å². The Morgan fingerprint density at radius 3 is 2.26 bits per heavy atom. The zero-order valence-electron chi connectivity index (χ0n) is 11.3. The first-order valence-electron chi connectivity index (χ1n) is 6.24. The number of aliphatic carboxylic acids is 1. The summed E-state index contributed by atoms with van der Waals surface area (Å²) >= 11 is 5.94. The maximum Gasteiger partial charge on any atom is 0.573 e. The van der Waals surface area contributed by atoms with Gasteiger partial charge in [0.05, 0.1) is 0 Å². The second-order valence-corrected chi connectivity index (χ2v) is 4.92. The number of alkyl halides is 3. The predicted octanol–water partition coefficient (Wildman–Crippen LogP) is 4.02. The normalized spacial score (nSPS) is 12.7. The Labute approximate surface area is 133 Å². The lowest BCUT2D eigenvalue weighted by molar-refractivity contribution is -0.274. The number of carbonyl (C=O) groups is 1. The van der Waals surface area contributed by atoms with E-state index in [1.807, 2.05) is 0 Å². The third-order valence-corrected chi connectivity index (χ3v) is 3.29. The van der Waals surface area contributed by atoms with Crippen LogP contribution in [-0.4, -0.2) is 22.5 Å². The molecule has 0 heterocycles. The summed E-state index contributed by atoms with van der Waals surface area (Å²) in [5.41, 5.74) is 0.648. The van der Waals surface area contributed by atoms with E-state index in [0.717, 1.165) is 12.1 Å². The Morgan fingerprint density at radius 2 is 1.74 bits per heavy atom. The Balaban J connectivity index is 2.43. The lowest BCUT2D eigenvalue weighted by Gasteiger charge is -2.15. The van der Waals surface area contributed by atoms with E-state index in [4.69, 9.17) is 16.7 Å². The molecule has 23 heavy (non-hydrogen) atoms. The fraction of sp³-hybridized carbons (Fsp3) is 0.133. The fourth-order valence-electron chi connectivity index (χ4n) is 2.03. The van der Waals surface area contributed by atoms with E-state index in [1.54, 1.807) is 0 Å². The van der Waals surface area contributed by atoms with Gasteiger partial charge in [0.1, 0.15) is 5.75 Å². The second kappa shape index (κ2) is 6.47. The van der Waals surface area contributed by atoms with Crippen LogP contribution in [0.4, 0.5) is 13.2 Å². The number of aliphatic hydroxyl groups excluding tert-OH is 1. The van der Waals surface area contributed by atoms with Crippen LogP contribution in [-0.2, 0) is 4.79 Å². The molecule has 8 heteroatoms. The number of ether oxygens (including phenoxy) is 1. The molecule has 2 aromatic rings. The highest BCUT2D eigenvalue weighted by molar-refractivity contribution is 6.32. The zero-order valence-corrected chi connectivity index (χ0v) is 12.1. The minimum atomic E-state index is -4.80. The van der Waals surface area contributed by atoms with Crippen LogP contribution >= 0.6 is 11.6 Å². The molecule has 1 unspecified atom stereocenters. The summed E-state index contributed by atoms with van der Waals surface area (Å²) in [6.45, 7) is 0. The number of halogens is 4. The third kappa shape index (κ3) is 4.14. The van der Waals surface area contributed by atoms with Crippen LogP contribution in [0.1, 0.15) is 11.7 Å². The first-order valence-corrected chi connectivity index (χ1v) is 6.62. The van der Waals surface area contributed by atoms with Gasteiger partial charge in [0, 0.05) is 10.6 Å². The summed E-state index contributed by atoms with van der Waals surface area (Å²) in [5.74, 6) is -1.90. The molecule has 0 aromatic heterocycles. The Kier molecular flexibility index (Phi) is 4.82. The van der Waals surface area contributed by atoms with Crippen molar-refractivity contribution in [1.29, 1.82) is 0 Å². The topological polar surface area (TPSA) is 66.8 Å². The molecule has 2 rings (SSSR count). The van der Waals surface area contributed by atoms with Crippen LogP contribution in [0.2, 0.25) is 5.02 Å². The molecule has 2 N–H and O–H groups in total. The molecule has 1 atom stereocenters. The van der Waals surface area contributed by atoms with Crippen LogP contribution < -0.4 is 4.74 Å². The van der Waals surface area contributed by atoms with Crippen molar-refractivity contribution in [3.05, 3.63) is 53.1 Å². The van der Waals surface area contributed by atoms with Crippen LogP contribution in [0.5, 0.6) is 5.75 Å². The summed E-state index contributed by atoms with van der Waals surface area (Å²) in [6.07, 6.45) is -6.66. The van der Waals surface area contributed by atoms with E-state index in [9.17, 15) is 23.1 Å². The van der Waals surface area contributed by atoms with Gasteiger partial charge >= 0.3 is 12.3 Å². The predicted molar refractivity (Wildman–Crippen MR) is 76.2 cm³/mol. The minimum absolute atomic E-state index is 0.0352. The van der Waals surface area contributed by atoms with Gasteiger partial charge in [-0.25, -0.2) is 4.79 Å². The molecule has 0 saturated carbocycles. The van der Waals surface area contributed by atoms with Crippen LogP contribution in [0.25, 0.3) is 11.1 Å². The largest absolute Gasteiger partial charge is 0.573 e. The number of rotatable bonds is 4. The molecule has 0 amide bonds. The lowest BCUT2D eigenvalue weighted by atomic mass is 9.96. The summed E-state index contributed by atoms with van der Waals surface area (Å²) < 4.78 is 40.2. The maximum absolute atomic E-state index is 12.1. The molecule has 0 aliphatic rings. The molecule has 2 aromatic carbocycles. The van der Waals surface area contributed by atoms with Crippen LogP contribution in [0, 0.1) is 0 Å². The number of carboxylic acids is 1. The second-order valence-electron chi connectivity index (χ2n) is 4.51. The molecule has 0 saturated heterocycles. The first-order chi connectivity index (χ1) is 10.7. The summed E-state index contributed by atoms with van der Waals surface area (Å²) in [5, 5.41) is 18.8. The van der Waals surface area contributed by atoms with Crippen molar-refractivity contribution >= 4 is 17.6 Å². The molecule has 0 fully saturated rings. The molecule has 0 radical (unpaired) electrons. The van der Waals surface area contributed by atoms with Crippen LogP contribution in [0.3, 0.4) is 0 Å². The van der Waals surface area contributed by atoms with Crippen molar-refractivity contribution in [3.8, 4) is 16.9 Å². The van der Waals surface area contributed by atoms with Gasteiger partial charge in [-0.2, -0.15) is 0 Å². The summed E-state index contributed by atoms with van der Waals surface area (Å²) in [6, 6.07) is 9.24. The lowest BCUT2D eigenvalue weighted by Crippen LogP contribution is -2.17. The van der Waals surface area contributed by atoms with Gasteiger partial charge in [-0.1, -0.05) is 35.9 Å². The standard InChI is InChI=1S/C15H10ClF3O4/c16-11-3-1-2-10(12(11)13(20)14(21)22)8-4-6-9(7-5-8)23-15(17,18)19/h1-7,13,20H,(H,21,22). The highest BCUT2D eigenvalue weighted by Crippen LogP contribution is 2.35. The molecular formula is C15H10ClF3O4. The first kappa shape index (κ1) is 17.1. The van der Waals surface area contributed by atoms with Crippen molar-refractivity contribution in [1.82, 2.24) is 0 Å². The van der Waals surface area contributed by atoms with Crippen molar-refractivity contribution < 1.29 is 32.9 Å². The highest BCUT2D eigenvalue weighted by atomic mass is 35.5. The van der Waals surface area contributed by atoms with Gasteiger partial charge in [0.15, 0.2) is 6.10 Å². The smallest absolute Gasteiger partial charge is 0.479 e. The number of benzene rings is 2. The Morgan fingerprint density at radius 1 is 1.13 bits per heavy atom. The van der Waals surface area contributed by atoms with E-state index in [1.165, 1.54) is 30.3 Å². The van der Waals surface area contributed by atoms with Gasteiger partial charge in [-0.05, 0) is 29.3 Å². The summed E-state index contributed by atoms with van der Waals surface area (Å²) in [4.78, 5) is 11.0. The molecule has 0 aliphatic carbocycles. The van der Waals surface area contributed by atoms with Crippen molar-refractivity contribution in [2.75, 3.05) is 0 Å². The van der Waals surface area contributed by atoms with E-state index in [-0.39, 0.29) is 10.6 Å². The maximum atomic E-state index is 12.1. The van der Waals surface area contributed by atoms with Gasteiger partial charge in [0.25, 0.3) is 0 Å². The Hall–Kier alpha value is -2.25.